The Morgan fingerprint density at radius 3 is 2.17 bits per heavy atom. The molecule has 24 heavy (non-hydrogen) atoms. The van der Waals surface area contributed by atoms with E-state index in [2.05, 4.69) is 4.37 Å². The lowest BCUT2D eigenvalue weighted by molar-refractivity contribution is -0.138. The van der Waals surface area contributed by atoms with Gasteiger partial charge in [0.25, 0.3) is 5.91 Å². The number of anilines is 1. The van der Waals surface area contributed by atoms with Gasteiger partial charge in [-0.05, 0) is 35.8 Å². The highest BCUT2D eigenvalue weighted by atomic mass is 35.5. The van der Waals surface area contributed by atoms with Crippen molar-refractivity contribution in [3.63, 3.8) is 0 Å². The molecule has 0 atom stereocenters. The molecule has 0 bridgehead atoms. The molecule has 5 amide bonds. The number of rotatable bonds is 2. The van der Waals surface area contributed by atoms with Crippen LogP contribution in [0.5, 0.6) is 0 Å². The normalized spacial score (nSPS) is 14.7. The fraction of sp³-hybridized carbons (Fsp3) is 0. The molecular weight excluding hydrogens is 401 g/mol. The number of urea groups is 1. The Hall–Kier alpha value is -2.00. The zero-order chi connectivity index (χ0) is 17.6. The Labute approximate surface area is 153 Å². The predicted molar refractivity (Wildman–Crippen MR) is 87.6 cm³/mol. The molecular formula is C13H4Cl3N3O4S. The van der Waals surface area contributed by atoms with Crippen LogP contribution in [0.4, 0.5) is 10.5 Å². The van der Waals surface area contributed by atoms with Gasteiger partial charge in [0.1, 0.15) is 9.90 Å². The molecule has 11 heteroatoms. The second kappa shape index (κ2) is 6.14. The van der Waals surface area contributed by atoms with E-state index in [0.717, 1.165) is 11.5 Å². The Morgan fingerprint density at radius 2 is 1.62 bits per heavy atom. The molecule has 1 aliphatic rings. The first-order valence-corrected chi connectivity index (χ1v) is 8.06. The topological polar surface area (TPSA) is 87.7 Å². The van der Waals surface area contributed by atoms with Crippen molar-refractivity contribution in [1.29, 1.82) is 0 Å². The van der Waals surface area contributed by atoms with Crippen LogP contribution < -0.4 is 4.90 Å². The number of amides is 5. The number of hydrogen-bond acceptors (Lipinski definition) is 6. The molecule has 0 saturated carbocycles. The summed E-state index contributed by atoms with van der Waals surface area (Å²) in [6.45, 7) is 0. The quantitative estimate of drug-likeness (QED) is 0.435. The molecule has 1 aromatic heterocycles. The van der Waals surface area contributed by atoms with E-state index in [4.69, 9.17) is 34.8 Å². The summed E-state index contributed by atoms with van der Waals surface area (Å²) >= 11 is 18.0. The summed E-state index contributed by atoms with van der Waals surface area (Å²) in [5.74, 6) is -3.59. The minimum atomic E-state index is -1.31. The minimum absolute atomic E-state index is 0.0945. The third kappa shape index (κ3) is 2.57. The van der Waals surface area contributed by atoms with Gasteiger partial charge < -0.3 is 0 Å². The molecule has 2 heterocycles. The van der Waals surface area contributed by atoms with Crippen LogP contribution in [0.3, 0.4) is 0 Å². The van der Waals surface area contributed by atoms with Crippen molar-refractivity contribution in [2.45, 2.75) is 0 Å². The van der Waals surface area contributed by atoms with Crippen LogP contribution in [0.1, 0.15) is 10.4 Å². The lowest BCUT2D eigenvalue weighted by atomic mass is 10.3. The fourth-order valence-electron chi connectivity index (χ4n) is 2.00. The van der Waals surface area contributed by atoms with E-state index in [1.807, 2.05) is 0 Å². The van der Waals surface area contributed by atoms with Crippen molar-refractivity contribution in [2.24, 2.45) is 0 Å². The van der Waals surface area contributed by atoms with Gasteiger partial charge in [-0.25, -0.2) is 9.69 Å². The number of carbonyl (C=O) groups is 4. The summed E-state index contributed by atoms with van der Waals surface area (Å²) in [4.78, 5) is 49.8. The zero-order valence-electron chi connectivity index (χ0n) is 11.3. The standard InChI is InChI=1S/C13H4Cl3N3O4S/c14-5-1-3-6(4-2-5)18-11(21)12(22)19(13(18)23)10(20)7-8(15)17-24-9(7)16/h1-4H. The van der Waals surface area contributed by atoms with Gasteiger partial charge in [-0.15, -0.1) is 0 Å². The second-order valence-electron chi connectivity index (χ2n) is 4.47. The fourth-order valence-corrected chi connectivity index (χ4v) is 3.31. The lowest BCUT2D eigenvalue weighted by Crippen LogP contribution is -2.38. The van der Waals surface area contributed by atoms with Crippen LogP contribution >= 0.6 is 46.3 Å². The van der Waals surface area contributed by atoms with Gasteiger partial charge in [-0.3, -0.25) is 14.4 Å². The summed E-state index contributed by atoms with van der Waals surface area (Å²) in [6.07, 6.45) is 0. The highest BCUT2D eigenvalue weighted by Crippen LogP contribution is 2.31. The van der Waals surface area contributed by atoms with Crippen LogP contribution in [0.15, 0.2) is 24.3 Å². The van der Waals surface area contributed by atoms with E-state index in [1.165, 1.54) is 24.3 Å². The monoisotopic (exact) mass is 403 g/mol. The van der Waals surface area contributed by atoms with E-state index in [9.17, 15) is 19.2 Å². The predicted octanol–water partition coefficient (Wildman–Crippen LogP) is 3.24. The number of carbonyl (C=O) groups excluding carboxylic acids is 4. The zero-order valence-corrected chi connectivity index (χ0v) is 14.4. The molecule has 1 aliphatic heterocycles. The summed E-state index contributed by atoms with van der Waals surface area (Å²) in [5.41, 5.74) is -0.213. The Bertz CT molecular complexity index is 877. The maximum Gasteiger partial charge on any atom is 0.346 e. The second-order valence-corrected chi connectivity index (χ2v) is 6.64. The van der Waals surface area contributed by atoms with Gasteiger partial charge in [-0.2, -0.15) is 9.27 Å². The van der Waals surface area contributed by atoms with Crippen LogP contribution in [0.25, 0.3) is 0 Å². The molecule has 0 aliphatic carbocycles. The molecule has 1 aromatic carbocycles. The first-order chi connectivity index (χ1) is 11.3. The largest absolute Gasteiger partial charge is 0.346 e. The molecule has 2 aromatic rings. The molecule has 1 fully saturated rings. The number of benzene rings is 1. The van der Waals surface area contributed by atoms with Crippen molar-refractivity contribution >= 4 is 75.8 Å². The van der Waals surface area contributed by atoms with E-state index in [1.54, 1.807) is 0 Å². The van der Waals surface area contributed by atoms with Crippen LogP contribution in [-0.4, -0.2) is 33.0 Å². The van der Waals surface area contributed by atoms with Crippen molar-refractivity contribution < 1.29 is 19.2 Å². The van der Waals surface area contributed by atoms with Gasteiger partial charge >= 0.3 is 17.8 Å². The van der Waals surface area contributed by atoms with Crippen molar-refractivity contribution in [2.75, 3.05) is 4.90 Å². The maximum absolute atomic E-state index is 12.4. The van der Waals surface area contributed by atoms with Crippen LogP contribution in [0.2, 0.25) is 14.5 Å². The van der Waals surface area contributed by atoms with Crippen molar-refractivity contribution in [3.05, 3.63) is 44.3 Å². The SMILES string of the molecule is O=C1C(=O)N(c2ccc(Cl)cc2)C(=O)N1C(=O)c1c(Cl)nsc1Cl. The summed E-state index contributed by atoms with van der Waals surface area (Å²) < 4.78 is 3.56. The Kier molecular flexibility index (Phi) is 4.31. The van der Waals surface area contributed by atoms with Crippen molar-refractivity contribution in [1.82, 2.24) is 9.27 Å². The third-order valence-electron chi connectivity index (χ3n) is 3.08. The van der Waals surface area contributed by atoms with Gasteiger partial charge in [0.2, 0.25) is 0 Å². The smallest absolute Gasteiger partial charge is 0.268 e. The average molecular weight is 405 g/mol. The van der Waals surface area contributed by atoms with Gasteiger partial charge in [0.15, 0.2) is 5.15 Å². The third-order valence-corrected chi connectivity index (χ3v) is 4.74. The first kappa shape index (κ1) is 16.8. The summed E-state index contributed by atoms with van der Waals surface area (Å²) in [6, 6.07) is 4.47. The van der Waals surface area contributed by atoms with Gasteiger partial charge in [0, 0.05) is 5.02 Å². The summed E-state index contributed by atoms with van der Waals surface area (Å²) in [7, 11) is 0. The molecule has 0 unspecified atom stereocenters. The van der Waals surface area contributed by atoms with E-state index in [-0.39, 0.29) is 25.6 Å². The number of aromatic nitrogens is 1. The van der Waals surface area contributed by atoms with Gasteiger partial charge in [-0.1, -0.05) is 34.8 Å². The highest BCUT2D eigenvalue weighted by molar-refractivity contribution is 7.11. The molecule has 1 saturated heterocycles. The Morgan fingerprint density at radius 1 is 1.00 bits per heavy atom. The number of imide groups is 4. The van der Waals surface area contributed by atoms with E-state index >= 15 is 0 Å². The number of nitrogens with zero attached hydrogens (tertiary/aromatic N) is 3. The Balaban J connectivity index is 2.01. The molecule has 3 rings (SSSR count). The molecule has 122 valence electrons. The number of hydrogen-bond donors (Lipinski definition) is 0. The van der Waals surface area contributed by atoms with E-state index in [0.29, 0.717) is 9.92 Å². The maximum atomic E-state index is 12.4. The molecule has 0 radical (unpaired) electrons. The average Bonchev–Trinajstić information content (AvgIpc) is 2.98. The van der Waals surface area contributed by atoms with Crippen molar-refractivity contribution in [3.8, 4) is 0 Å². The van der Waals surface area contributed by atoms with Crippen LogP contribution in [0, 0.1) is 0 Å². The van der Waals surface area contributed by atoms with E-state index < -0.39 is 23.8 Å². The number of halogens is 3. The summed E-state index contributed by atoms with van der Waals surface area (Å²) in [5, 5.41) is 0.119. The van der Waals surface area contributed by atoms with Crippen LogP contribution in [-0.2, 0) is 9.59 Å². The van der Waals surface area contributed by atoms with Gasteiger partial charge in [0.05, 0.1) is 5.69 Å². The minimum Gasteiger partial charge on any atom is -0.268 e. The molecule has 0 N–H and O–H groups in total. The highest BCUT2D eigenvalue weighted by Gasteiger charge is 2.50. The molecule has 0 spiro atoms. The first-order valence-electron chi connectivity index (χ1n) is 6.16. The molecule has 7 nitrogen and oxygen atoms in total. The lowest BCUT2D eigenvalue weighted by Gasteiger charge is -2.14.